The molecule has 0 aliphatic carbocycles. The Labute approximate surface area is 178 Å². The number of hydrogen-bond acceptors (Lipinski definition) is 5. The van der Waals surface area contributed by atoms with Crippen molar-refractivity contribution in [1.82, 2.24) is 16.0 Å². The van der Waals surface area contributed by atoms with E-state index in [4.69, 9.17) is 0 Å². The highest BCUT2D eigenvalue weighted by Gasteiger charge is 2.10. The van der Waals surface area contributed by atoms with Crippen LogP contribution in [0.1, 0.15) is 30.6 Å². The summed E-state index contributed by atoms with van der Waals surface area (Å²) in [4.78, 5) is 16.3. The van der Waals surface area contributed by atoms with E-state index in [2.05, 4.69) is 20.9 Å². The Balaban J connectivity index is 0.00000676. The Kier molecular flexibility index (Phi) is 12.0. The molecule has 1 aromatic rings. The van der Waals surface area contributed by atoms with Crippen molar-refractivity contribution in [2.24, 2.45) is 4.99 Å². The maximum atomic E-state index is 12.0. The van der Waals surface area contributed by atoms with Gasteiger partial charge in [-0.3, -0.25) is 9.79 Å². The average Bonchev–Trinajstić information content (AvgIpc) is 2.56. The fraction of sp³-hybridized carbons (Fsp3) is 0.529. The van der Waals surface area contributed by atoms with Gasteiger partial charge >= 0.3 is 0 Å². The molecule has 0 bridgehead atoms. The molecule has 0 saturated heterocycles. The normalized spacial score (nSPS) is 12.6. The first kappa shape index (κ1) is 25.4. The largest absolute Gasteiger partial charge is 0.507 e. The summed E-state index contributed by atoms with van der Waals surface area (Å²) >= 11 is 0. The van der Waals surface area contributed by atoms with Gasteiger partial charge in [-0.15, -0.1) is 24.0 Å². The van der Waals surface area contributed by atoms with Gasteiger partial charge in [0.1, 0.15) is 15.6 Å². The highest BCUT2D eigenvalue weighted by atomic mass is 127. The maximum Gasteiger partial charge on any atom is 0.255 e. The standard InChI is InChI=1S/C17H28N4O4S.HI/c1-4-18-17(21-13(2)9-12-26(3,24)25)20-11-10-19-16(23)14-7-5-6-8-15(14)22;/h5-8,13,22H,4,9-12H2,1-3H3,(H,19,23)(H2,18,20,21);1H. The van der Waals surface area contributed by atoms with Crippen LogP contribution in [0.25, 0.3) is 0 Å². The smallest absolute Gasteiger partial charge is 0.255 e. The summed E-state index contributed by atoms with van der Waals surface area (Å²) in [6.07, 6.45) is 1.69. The van der Waals surface area contributed by atoms with E-state index in [1.807, 2.05) is 13.8 Å². The molecule has 0 radical (unpaired) electrons. The van der Waals surface area contributed by atoms with Crippen LogP contribution in [0.4, 0.5) is 0 Å². The van der Waals surface area contributed by atoms with Crippen molar-refractivity contribution in [3.8, 4) is 5.75 Å². The molecule has 0 aliphatic rings. The van der Waals surface area contributed by atoms with Crippen molar-refractivity contribution in [1.29, 1.82) is 0 Å². The minimum Gasteiger partial charge on any atom is -0.507 e. The number of nitrogens with one attached hydrogen (secondary N) is 3. The van der Waals surface area contributed by atoms with Crippen LogP contribution in [0.3, 0.4) is 0 Å². The molecule has 0 spiro atoms. The van der Waals surface area contributed by atoms with E-state index in [0.717, 1.165) is 0 Å². The van der Waals surface area contributed by atoms with Crippen LogP contribution < -0.4 is 16.0 Å². The van der Waals surface area contributed by atoms with E-state index in [9.17, 15) is 18.3 Å². The number of halogens is 1. The predicted molar refractivity (Wildman–Crippen MR) is 119 cm³/mol. The first-order chi connectivity index (χ1) is 12.2. The van der Waals surface area contributed by atoms with E-state index in [1.54, 1.807) is 18.2 Å². The lowest BCUT2D eigenvalue weighted by Gasteiger charge is -2.17. The molecular formula is C17H29IN4O4S. The van der Waals surface area contributed by atoms with Gasteiger partial charge in [0.2, 0.25) is 0 Å². The molecule has 0 aliphatic heterocycles. The number of guanidine groups is 1. The maximum absolute atomic E-state index is 12.0. The Morgan fingerprint density at radius 3 is 2.52 bits per heavy atom. The summed E-state index contributed by atoms with van der Waals surface area (Å²) in [5.74, 6) is 0.239. The number of benzene rings is 1. The van der Waals surface area contributed by atoms with Crippen molar-refractivity contribution in [2.45, 2.75) is 26.3 Å². The second-order valence-electron chi connectivity index (χ2n) is 6.00. The lowest BCUT2D eigenvalue weighted by atomic mass is 10.2. The number of phenolic OH excluding ortho intramolecular Hbond substituents is 1. The number of rotatable bonds is 9. The number of sulfone groups is 1. The third-order valence-corrected chi connectivity index (χ3v) is 4.44. The second kappa shape index (κ2) is 12.8. The third kappa shape index (κ3) is 11.0. The average molecular weight is 512 g/mol. The van der Waals surface area contributed by atoms with Gasteiger partial charge in [0.25, 0.3) is 5.91 Å². The molecule has 27 heavy (non-hydrogen) atoms. The Morgan fingerprint density at radius 1 is 1.26 bits per heavy atom. The van der Waals surface area contributed by atoms with Crippen molar-refractivity contribution < 1.29 is 18.3 Å². The highest BCUT2D eigenvalue weighted by Crippen LogP contribution is 2.14. The number of carbonyl (C=O) groups excluding carboxylic acids is 1. The summed E-state index contributed by atoms with van der Waals surface area (Å²) in [5.41, 5.74) is 0.218. The molecule has 154 valence electrons. The van der Waals surface area contributed by atoms with Gasteiger partial charge in [0.05, 0.1) is 17.9 Å². The fourth-order valence-corrected chi connectivity index (χ4v) is 2.90. The third-order valence-electron chi connectivity index (χ3n) is 3.46. The molecule has 1 rings (SSSR count). The van der Waals surface area contributed by atoms with Gasteiger partial charge in [-0.2, -0.15) is 0 Å². The van der Waals surface area contributed by atoms with Gasteiger partial charge in [0, 0.05) is 25.4 Å². The molecule has 0 fully saturated rings. The van der Waals surface area contributed by atoms with E-state index >= 15 is 0 Å². The summed E-state index contributed by atoms with van der Waals surface area (Å²) in [6.45, 7) is 5.13. The van der Waals surface area contributed by atoms with E-state index < -0.39 is 9.84 Å². The summed E-state index contributed by atoms with van der Waals surface area (Å²) in [7, 11) is -3.00. The molecule has 0 aromatic heterocycles. The first-order valence-electron chi connectivity index (χ1n) is 8.51. The van der Waals surface area contributed by atoms with Crippen LogP contribution in [0.15, 0.2) is 29.3 Å². The van der Waals surface area contributed by atoms with E-state index in [-0.39, 0.29) is 53.0 Å². The Hall–Kier alpha value is -1.56. The Bertz CT molecular complexity index is 725. The lowest BCUT2D eigenvalue weighted by Crippen LogP contribution is -2.43. The number of para-hydroxylation sites is 1. The number of nitrogens with zero attached hydrogens (tertiary/aromatic N) is 1. The van der Waals surface area contributed by atoms with Crippen LogP contribution in [-0.2, 0) is 9.84 Å². The lowest BCUT2D eigenvalue weighted by molar-refractivity contribution is 0.0952. The van der Waals surface area contributed by atoms with Crippen molar-refractivity contribution in [2.75, 3.05) is 31.6 Å². The number of aromatic hydroxyl groups is 1. The van der Waals surface area contributed by atoms with Crippen molar-refractivity contribution in [3.63, 3.8) is 0 Å². The van der Waals surface area contributed by atoms with Crippen molar-refractivity contribution in [3.05, 3.63) is 29.8 Å². The molecule has 4 N–H and O–H groups in total. The number of aliphatic imine (C=N–C) groups is 1. The molecule has 0 saturated carbocycles. The number of hydrogen-bond donors (Lipinski definition) is 4. The minimum atomic E-state index is -3.00. The summed E-state index contributed by atoms with van der Waals surface area (Å²) < 4.78 is 22.5. The molecule has 1 aromatic carbocycles. The highest BCUT2D eigenvalue weighted by molar-refractivity contribution is 14.0. The number of amides is 1. The minimum absolute atomic E-state index is 0. The zero-order chi connectivity index (χ0) is 19.6. The monoisotopic (exact) mass is 512 g/mol. The second-order valence-corrected chi connectivity index (χ2v) is 8.26. The number of phenols is 1. The predicted octanol–water partition coefficient (Wildman–Crippen LogP) is 1.12. The van der Waals surface area contributed by atoms with Crippen LogP contribution in [0.5, 0.6) is 5.75 Å². The van der Waals surface area contributed by atoms with Gasteiger partial charge in [0.15, 0.2) is 5.96 Å². The molecule has 1 unspecified atom stereocenters. The summed E-state index contributed by atoms with van der Waals surface area (Å²) in [6, 6.07) is 6.27. The zero-order valence-electron chi connectivity index (χ0n) is 15.9. The van der Waals surface area contributed by atoms with Crippen LogP contribution in [0.2, 0.25) is 0 Å². The molecule has 1 amide bonds. The topological polar surface area (TPSA) is 120 Å². The Morgan fingerprint density at radius 2 is 1.93 bits per heavy atom. The van der Waals surface area contributed by atoms with Gasteiger partial charge in [-0.05, 0) is 32.4 Å². The summed E-state index contributed by atoms with van der Waals surface area (Å²) in [5, 5.41) is 18.6. The van der Waals surface area contributed by atoms with Crippen molar-refractivity contribution >= 4 is 45.7 Å². The molecule has 0 heterocycles. The van der Waals surface area contributed by atoms with Crippen LogP contribution >= 0.6 is 24.0 Å². The first-order valence-corrected chi connectivity index (χ1v) is 10.6. The molecule has 1 atom stereocenters. The molecular weight excluding hydrogens is 483 g/mol. The van der Waals surface area contributed by atoms with Gasteiger partial charge in [-0.25, -0.2) is 8.42 Å². The van der Waals surface area contributed by atoms with Gasteiger partial charge in [-0.1, -0.05) is 12.1 Å². The fourth-order valence-electron chi connectivity index (χ4n) is 2.11. The number of carbonyl (C=O) groups is 1. The van der Waals surface area contributed by atoms with E-state index in [0.29, 0.717) is 32.0 Å². The molecule has 10 heteroatoms. The van der Waals surface area contributed by atoms with Crippen LogP contribution in [-0.4, -0.2) is 63.1 Å². The van der Waals surface area contributed by atoms with E-state index in [1.165, 1.54) is 12.3 Å². The quantitative estimate of drug-likeness (QED) is 0.170. The SMILES string of the molecule is CCNC(=NCCNC(=O)c1ccccc1O)NC(C)CCS(C)(=O)=O.I. The van der Waals surface area contributed by atoms with Gasteiger partial charge < -0.3 is 21.1 Å². The van der Waals surface area contributed by atoms with Crippen LogP contribution in [0, 0.1) is 0 Å². The molecule has 8 nitrogen and oxygen atoms in total. The zero-order valence-corrected chi connectivity index (χ0v) is 19.0.